The lowest BCUT2D eigenvalue weighted by atomic mass is 9.98. The molecule has 0 spiro atoms. The number of fused-ring (bicyclic) bond motifs is 3. The monoisotopic (exact) mass is 616 g/mol. The van der Waals surface area contributed by atoms with Crippen LogP contribution >= 0.6 is 0 Å². The maximum Gasteiger partial charge on any atom is 0.407 e. The minimum absolute atomic E-state index is 0.0243. The number of hydrogen-bond donors (Lipinski definition) is 6. The third-order valence-electron chi connectivity index (χ3n) is 7.56. The van der Waals surface area contributed by atoms with Crippen LogP contribution in [0.1, 0.15) is 43.4 Å². The lowest BCUT2D eigenvalue weighted by Crippen LogP contribution is -2.56. The molecule has 4 atom stereocenters. The summed E-state index contributed by atoms with van der Waals surface area (Å²) in [5.41, 5.74) is 4.83. The molecule has 12 nitrogen and oxygen atoms in total. The first-order valence-electron chi connectivity index (χ1n) is 14.5. The molecule has 1 aliphatic rings. The van der Waals surface area contributed by atoms with Crippen molar-refractivity contribution in [3.8, 4) is 16.9 Å². The number of rotatable bonds is 12. The first-order chi connectivity index (χ1) is 21.4. The Labute approximate surface area is 260 Å². The molecule has 12 heteroatoms. The van der Waals surface area contributed by atoms with Gasteiger partial charge in [-0.2, -0.15) is 0 Å². The molecule has 0 unspecified atom stereocenters. The van der Waals surface area contributed by atoms with Gasteiger partial charge in [-0.1, -0.05) is 60.7 Å². The van der Waals surface area contributed by atoms with E-state index in [1.165, 1.54) is 32.9 Å². The molecular weight excluding hydrogens is 580 g/mol. The van der Waals surface area contributed by atoms with Crippen molar-refractivity contribution in [1.29, 1.82) is 0 Å². The Kier molecular flexibility index (Phi) is 10.4. The van der Waals surface area contributed by atoms with Gasteiger partial charge in [-0.3, -0.25) is 19.2 Å². The molecule has 0 radical (unpaired) electrons. The van der Waals surface area contributed by atoms with E-state index in [2.05, 4.69) is 21.3 Å². The Hall–Kier alpha value is -5.39. The lowest BCUT2D eigenvalue weighted by molar-refractivity contribution is -0.141. The number of aliphatic carboxylic acids is 1. The standard InChI is InChI=1S/C33H36N4O8/c1-18(30(40)36-20(3)32(42)43)34-29(39)19(2)35-31(41)28(16-21-12-14-22(38)15-13-21)37-33(44)45-17-27-25-10-6-4-8-23(25)24-9-5-7-11-26(24)27/h4-15,18-20,27-28,38H,16-17H2,1-3H3,(H,34,39)(H,35,41)(H,36,40)(H,37,44)(H,42,43)/t18-,19-,20-,28-/m0/s1. The van der Waals surface area contributed by atoms with Crippen LogP contribution in [-0.4, -0.2) is 70.8 Å². The van der Waals surface area contributed by atoms with Crippen LogP contribution in [0.15, 0.2) is 72.8 Å². The number of phenolic OH excluding ortho intramolecular Hbond substituents is 1. The van der Waals surface area contributed by atoms with Crippen LogP contribution in [-0.2, 0) is 30.3 Å². The molecule has 0 fully saturated rings. The van der Waals surface area contributed by atoms with Crippen LogP contribution < -0.4 is 21.3 Å². The summed E-state index contributed by atoms with van der Waals surface area (Å²) < 4.78 is 5.62. The average molecular weight is 617 g/mol. The van der Waals surface area contributed by atoms with E-state index in [0.29, 0.717) is 5.56 Å². The largest absolute Gasteiger partial charge is 0.508 e. The number of carbonyl (C=O) groups excluding carboxylic acids is 4. The fourth-order valence-corrected chi connectivity index (χ4v) is 5.04. The molecule has 0 bridgehead atoms. The highest BCUT2D eigenvalue weighted by Gasteiger charge is 2.31. The summed E-state index contributed by atoms with van der Waals surface area (Å²) in [6, 6.07) is 17.4. The number of carboxylic acids is 1. The smallest absolute Gasteiger partial charge is 0.407 e. The minimum atomic E-state index is -1.23. The quantitative estimate of drug-likeness (QED) is 0.179. The molecule has 0 aliphatic heterocycles. The zero-order chi connectivity index (χ0) is 32.7. The summed E-state index contributed by atoms with van der Waals surface area (Å²) in [5, 5.41) is 28.5. The second-order valence-electron chi connectivity index (χ2n) is 10.9. The second-order valence-corrected chi connectivity index (χ2v) is 10.9. The van der Waals surface area contributed by atoms with Crippen molar-refractivity contribution in [2.45, 2.75) is 57.3 Å². The highest BCUT2D eigenvalue weighted by atomic mass is 16.5. The summed E-state index contributed by atoms with van der Waals surface area (Å²) in [6.07, 6.45) is -0.804. The van der Waals surface area contributed by atoms with Crippen LogP contribution in [0.25, 0.3) is 11.1 Å². The molecule has 236 valence electrons. The van der Waals surface area contributed by atoms with E-state index < -0.39 is 54.0 Å². The molecular formula is C33H36N4O8. The highest BCUT2D eigenvalue weighted by Crippen LogP contribution is 2.44. The Balaban J connectivity index is 1.40. The number of alkyl carbamates (subject to hydrolysis) is 1. The van der Waals surface area contributed by atoms with Gasteiger partial charge < -0.3 is 36.2 Å². The van der Waals surface area contributed by atoms with Crippen molar-refractivity contribution >= 4 is 29.8 Å². The van der Waals surface area contributed by atoms with Crippen molar-refractivity contribution in [3.05, 3.63) is 89.5 Å². The fraction of sp³-hybridized carbons (Fsp3) is 0.303. The van der Waals surface area contributed by atoms with E-state index in [0.717, 1.165) is 22.3 Å². The topological polar surface area (TPSA) is 183 Å². The van der Waals surface area contributed by atoms with E-state index in [-0.39, 0.29) is 24.7 Å². The van der Waals surface area contributed by atoms with Gasteiger partial charge in [0.25, 0.3) is 0 Å². The Bertz CT molecular complexity index is 1530. The van der Waals surface area contributed by atoms with Gasteiger partial charge in [0.1, 0.15) is 36.5 Å². The number of amides is 4. The van der Waals surface area contributed by atoms with Gasteiger partial charge in [0.2, 0.25) is 17.7 Å². The maximum atomic E-state index is 13.3. The van der Waals surface area contributed by atoms with Crippen molar-refractivity contribution in [1.82, 2.24) is 21.3 Å². The average Bonchev–Trinajstić information content (AvgIpc) is 3.34. The normalized spacial score (nSPS) is 14.5. The van der Waals surface area contributed by atoms with Crippen molar-refractivity contribution in [2.24, 2.45) is 0 Å². The minimum Gasteiger partial charge on any atom is -0.508 e. The number of benzene rings is 3. The summed E-state index contributed by atoms with van der Waals surface area (Å²) in [6.45, 7) is 4.10. The van der Waals surface area contributed by atoms with E-state index in [1.807, 2.05) is 48.5 Å². The predicted molar refractivity (Wildman–Crippen MR) is 164 cm³/mol. The Morgan fingerprint density at radius 2 is 1.18 bits per heavy atom. The van der Waals surface area contributed by atoms with Crippen molar-refractivity contribution in [3.63, 3.8) is 0 Å². The second kappa shape index (κ2) is 14.4. The lowest BCUT2D eigenvalue weighted by Gasteiger charge is -2.23. The van der Waals surface area contributed by atoms with Crippen molar-refractivity contribution < 1.29 is 38.9 Å². The van der Waals surface area contributed by atoms with Gasteiger partial charge in [-0.25, -0.2) is 4.79 Å². The number of hydrogen-bond acceptors (Lipinski definition) is 7. The summed E-state index contributed by atoms with van der Waals surface area (Å²) in [5.74, 6) is -3.47. The van der Waals surface area contributed by atoms with Crippen LogP contribution in [0.2, 0.25) is 0 Å². The van der Waals surface area contributed by atoms with Crippen LogP contribution in [0, 0.1) is 0 Å². The molecule has 3 aromatic carbocycles. The number of carbonyl (C=O) groups is 5. The molecule has 0 saturated heterocycles. The summed E-state index contributed by atoms with van der Waals surface area (Å²) in [7, 11) is 0. The number of carboxylic acid groups (broad SMARTS) is 1. The zero-order valence-corrected chi connectivity index (χ0v) is 25.1. The molecule has 0 aromatic heterocycles. The molecule has 4 amide bonds. The van der Waals surface area contributed by atoms with Crippen LogP contribution in [0.3, 0.4) is 0 Å². The molecule has 1 aliphatic carbocycles. The molecule has 6 N–H and O–H groups in total. The third kappa shape index (κ3) is 8.17. The molecule has 3 aromatic rings. The zero-order valence-electron chi connectivity index (χ0n) is 25.1. The predicted octanol–water partition coefficient (Wildman–Crippen LogP) is 2.44. The SMILES string of the molecule is C[C@H](NC(=O)[C@H](C)NC(=O)[C@H](C)NC(=O)[C@H](Cc1ccc(O)cc1)NC(=O)OCC1c2ccccc2-c2ccccc21)C(=O)O. The number of nitrogens with one attached hydrogen (secondary N) is 4. The van der Waals surface area contributed by atoms with Gasteiger partial charge in [-0.15, -0.1) is 0 Å². The van der Waals surface area contributed by atoms with Crippen LogP contribution in [0.4, 0.5) is 4.79 Å². The van der Waals surface area contributed by atoms with Gasteiger partial charge in [0, 0.05) is 12.3 Å². The fourth-order valence-electron chi connectivity index (χ4n) is 5.04. The summed E-state index contributed by atoms with van der Waals surface area (Å²) in [4.78, 5) is 62.4. The number of aromatic hydroxyl groups is 1. The van der Waals surface area contributed by atoms with Gasteiger partial charge in [0.15, 0.2) is 0 Å². The first kappa shape index (κ1) is 32.5. The van der Waals surface area contributed by atoms with E-state index >= 15 is 0 Å². The summed E-state index contributed by atoms with van der Waals surface area (Å²) >= 11 is 0. The molecule has 4 rings (SSSR count). The van der Waals surface area contributed by atoms with Gasteiger partial charge in [0.05, 0.1) is 0 Å². The number of ether oxygens (including phenoxy) is 1. The van der Waals surface area contributed by atoms with E-state index in [4.69, 9.17) is 9.84 Å². The first-order valence-corrected chi connectivity index (χ1v) is 14.5. The van der Waals surface area contributed by atoms with Crippen LogP contribution in [0.5, 0.6) is 5.75 Å². The Morgan fingerprint density at radius 3 is 1.71 bits per heavy atom. The number of phenols is 1. The Morgan fingerprint density at radius 1 is 0.689 bits per heavy atom. The molecule has 0 heterocycles. The molecule has 0 saturated carbocycles. The van der Waals surface area contributed by atoms with Crippen molar-refractivity contribution in [2.75, 3.05) is 6.61 Å². The van der Waals surface area contributed by atoms with Gasteiger partial charge in [-0.05, 0) is 60.7 Å². The van der Waals surface area contributed by atoms with E-state index in [9.17, 15) is 29.1 Å². The van der Waals surface area contributed by atoms with E-state index in [1.54, 1.807) is 12.1 Å². The van der Waals surface area contributed by atoms with Gasteiger partial charge >= 0.3 is 12.1 Å². The third-order valence-corrected chi connectivity index (χ3v) is 7.56. The molecule has 45 heavy (non-hydrogen) atoms. The highest BCUT2D eigenvalue weighted by molar-refractivity contribution is 5.94. The maximum absolute atomic E-state index is 13.3.